The first-order valence-electron chi connectivity index (χ1n) is 6.19. The van der Waals surface area contributed by atoms with Crippen LogP contribution in [0.1, 0.15) is 22.1 Å². The summed E-state index contributed by atoms with van der Waals surface area (Å²) in [6.07, 6.45) is 0. The predicted octanol–water partition coefficient (Wildman–Crippen LogP) is 5.10. The largest absolute Gasteiger partial charge is 0.493 e. The lowest BCUT2D eigenvalue weighted by atomic mass is 10.00. The molecule has 2 rings (SSSR count). The molecule has 2 nitrogen and oxygen atoms in total. The molecule has 20 heavy (non-hydrogen) atoms. The van der Waals surface area contributed by atoms with Crippen molar-refractivity contribution >= 4 is 27.5 Å². The van der Waals surface area contributed by atoms with E-state index in [2.05, 4.69) is 28.9 Å². The van der Waals surface area contributed by atoms with E-state index in [0.717, 1.165) is 21.2 Å². The minimum atomic E-state index is -0.245. The third kappa shape index (κ3) is 2.94. The average molecular weight is 356 g/mol. The van der Waals surface area contributed by atoms with E-state index in [0.29, 0.717) is 11.5 Å². The van der Waals surface area contributed by atoms with Gasteiger partial charge >= 0.3 is 0 Å². The van der Waals surface area contributed by atoms with Crippen molar-refractivity contribution in [2.24, 2.45) is 0 Å². The van der Waals surface area contributed by atoms with Crippen LogP contribution >= 0.6 is 27.5 Å². The zero-order valence-electron chi connectivity index (χ0n) is 11.6. The third-order valence-electron chi connectivity index (χ3n) is 3.24. The lowest BCUT2D eigenvalue weighted by molar-refractivity contribution is 0.354. The first-order valence-corrected chi connectivity index (χ1v) is 7.42. The van der Waals surface area contributed by atoms with Crippen LogP contribution in [0.25, 0.3) is 0 Å². The fourth-order valence-electron chi connectivity index (χ4n) is 2.10. The quantitative estimate of drug-likeness (QED) is 0.710. The van der Waals surface area contributed by atoms with E-state index < -0.39 is 0 Å². The van der Waals surface area contributed by atoms with Gasteiger partial charge in [-0.2, -0.15) is 0 Å². The Hall–Kier alpha value is -1.19. The number of hydrogen-bond acceptors (Lipinski definition) is 2. The second kappa shape index (κ2) is 6.51. The van der Waals surface area contributed by atoms with Crippen molar-refractivity contribution in [2.75, 3.05) is 14.2 Å². The van der Waals surface area contributed by atoms with Gasteiger partial charge in [0.2, 0.25) is 0 Å². The molecule has 0 aliphatic heterocycles. The van der Waals surface area contributed by atoms with Crippen LogP contribution in [0.3, 0.4) is 0 Å². The molecule has 2 aromatic rings. The second-order valence-electron chi connectivity index (χ2n) is 4.45. The van der Waals surface area contributed by atoms with E-state index >= 15 is 0 Å². The molecule has 0 aromatic heterocycles. The van der Waals surface area contributed by atoms with Crippen LogP contribution in [-0.2, 0) is 0 Å². The Labute approximate surface area is 132 Å². The maximum absolute atomic E-state index is 6.64. The molecule has 0 N–H and O–H groups in total. The summed E-state index contributed by atoms with van der Waals surface area (Å²) >= 11 is 10.2. The molecule has 0 saturated heterocycles. The van der Waals surface area contributed by atoms with Crippen LogP contribution in [-0.4, -0.2) is 14.2 Å². The summed E-state index contributed by atoms with van der Waals surface area (Å²) in [6.45, 7) is 2.05. The van der Waals surface area contributed by atoms with Gasteiger partial charge in [-0.15, -0.1) is 11.6 Å². The topological polar surface area (TPSA) is 18.5 Å². The third-order valence-corrected chi connectivity index (χ3v) is 4.39. The van der Waals surface area contributed by atoms with Gasteiger partial charge in [0.25, 0.3) is 0 Å². The Balaban J connectivity index is 2.50. The van der Waals surface area contributed by atoms with Crippen LogP contribution in [0.4, 0.5) is 0 Å². The monoisotopic (exact) mass is 354 g/mol. The minimum Gasteiger partial charge on any atom is -0.493 e. The van der Waals surface area contributed by atoms with Crippen molar-refractivity contribution in [3.8, 4) is 11.5 Å². The summed E-state index contributed by atoms with van der Waals surface area (Å²) in [6, 6.07) is 11.9. The summed E-state index contributed by atoms with van der Waals surface area (Å²) < 4.78 is 11.5. The van der Waals surface area contributed by atoms with Crippen LogP contribution in [0.15, 0.2) is 40.9 Å². The lowest BCUT2D eigenvalue weighted by Crippen LogP contribution is -1.99. The Morgan fingerprint density at radius 3 is 2.20 bits per heavy atom. The van der Waals surface area contributed by atoms with Gasteiger partial charge in [0.15, 0.2) is 11.5 Å². The Morgan fingerprint density at radius 2 is 1.60 bits per heavy atom. The molecule has 106 valence electrons. The molecule has 0 spiro atoms. The molecule has 2 aromatic carbocycles. The standard InChI is InChI=1S/C16H16BrClO2/c1-10-6-4-5-7-11(10)16(18)12-8-14(19-2)15(20-3)9-13(12)17/h4-9,16H,1-3H3. The SMILES string of the molecule is COc1cc(Br)c(C(Cl)c2ccccc2C)cc1OC. The highest BCUT2D eigenvalue weighted by Crippen LogP contribution is 2.41. The van der Waals surface area contributed by atoms with Crippen molar-refractivity contribution < 1.29 is 9.47 Å². The van der Waals surface area contributed by atoms with E-state index in [9.17, 15) is 0 Å². The first-order chi connectivity index (χ1) is 9.58. The van der Waals surface area contributed by atoms with Crippen molar-refractivity contribution in [1.82, 2.24) is 0 Å². The highest BCUT2D eigenvalue weighted by molar-refractivity contribution is 9.10. The van der Waals surface area contributed by atoms with Crippen molar-refractivity contribution in [3.63, 3.8) is 0 Å². The number of alkyl halides is 1. The molecule has 0 bridgehead atoms. The van der Waals surface area contributed by atoms with Crippen molar-refractivity contribution in [1.29, 1.82) is 0 Å². The summed E-state index contributed by atoms with van der Waals surface area (Å²) in [7, 11) is 3.23. The molecule has 4 heteroatoms. The zero-order valence-corrected chi connectivity index (χ0v) is 14.0. The maximum atomic E-state index is 6.64. The molecule has 0 amide bonds. The van der Waals surface area contributed by atoms with Gasteiger partial charge in [-0.25, -0.2) is 0 Å². The highest BCUT2D eigenvalue weighted by atomic mass is 79.9. The van der Waals surface area contributed by atoms with Gasteiger partial charge < -0.3 is 9.47 Å². The van der Waals surface area contributed by atoms with E-state index in [1.165, 1.54) is 0 Å². The molecule has 0 radical (unpaired) electrons. The lowest BCUT2D eigenvalue weighted by Gasteiger charge is -2.17. The normalized spacial score (nSPS) is 12.1. The van der Waals surface area contributed by atoms with Gasteiger partial charge in [0, 0.05) is 4.47 Å². The van der Waals surface area contributed by atoms with Gasteiger partial charge in [-0.05, 0) is 35.7 Å². The molecule has 0 aliphatic rings. The molecule has 1 atom stereocenters. The van der Waals surface area contributed by atoms with Gasteiger partial charge in [0.05, 0.1) is 19.6 Å². The first kappa shape index (κ1) is 15.2. The highest BCUT2D eigenvalue weighted by Gasteiger charge is 2.19. The molecular weight excluding hydrogens is 340 g/mol. The number of halogens is 2. The summed E-state index contributed by atoms with van der Waals surface area (Å²) in [5.41, 5.74) is 3.20. The Morgan fingerprint density at radius 1 is 1.00 bits per heavy atom. The molecule has 0 aliphatic carbocycles. The van der Waals surface area contributed by atoms with Crippen LogP contribution in [0.2, 0.25) is 0 Å². The number of hydrogen-bond donors (Lipinski definition) is 0. The summed E-state index contributed by atoms with van der Waals surface area (Å²) in [5.74, 6) is 1.35. The molecule has 0 saturated carbocycles. The van der Waals surface area contributed by atoms with Gasteiger partial charge in [-0.1, -0.05) is 40.2 Å². The van der Waals surface area contributed by atoms with Crippen LogP contribution < -0.4 is 9.47 Å². The van der Waals surface area contributed by atoms with E-state index in [4.69, 9.17) is 21.1 Å². The molecular formula is C16H16BrClO2. The predicted molar refractivity (Wildman–Crippen MR) is 86.1 cm³/mol. The zero-order chi connectivity index (χ0) is 14.7. The second-order valence-corrected chi connectivity index (χ2v) is 5.74. The minimum absolute atomic E-state index is 0.245. The number of methoxy groups -OCH3 is 2. The molecule has 0 fully saturated rings. The van der Waals surface area contributed by atoms with Crippen molar-refractivity contribution in [3.05, 3.63) is 57.6 Å². The number of rotatable bonds is 4. The summed E-state index contributed by atoms with van der Waals surface area (Å²) in [5, 5.41) is -0.245. The Bertz CT molecular complexity index is 613. The van der Waals surface area contributed by atoms with Gasteiger partial charge in [-0.3, -0.25) is 0 Å². The van der Waals surface area contributed by atoms with Crippen LogP contribution in [0.5, 0.6) is 11.5 Å². The smallest absolute Gasteiger partial charge is 0.161 e. The fourth-order valence-corrected chi connectivity index (χ4v) is 3.21. The fraction of sp³-hybridized carbons (Fsp3) is 0.250. The van der Waals surface area contributed by atoms with E-state index in [-0.39, 0.29) is 5.38 Å². The van der Waals surface area contributed by atoms with Gasteiger partial charge in [0.1, 0.15) is 0 Å². The van der Waals surface area contributed by atoms with E-state index in [1.54, 1.807) is 14.2 Å². The Kier molecular flexibility index (Phi) is 4.95. The average Bonchev–Trinajstić information content (AvgIpc) is 2.46. The van der Waals surface area contributed by atoms with Crippen molar-refractivity contribution in [2.45, 2.75) is 12.3 Å². The number of benzene rings is 2. The maximum Gasteiger partial charge on any atom is 0.161 e. The number of ether oxygens (including phenoxy) is 2. The number of aryl methyl sites for hydroxylation is 1. The molecule has 0 heterocycles. The molecule has 1 unspecified atom stereocenters. The van der Waals surface area contributed by atoms with E-state index in [1.807, 2.05) is 30.3 Å². The summed E-state index contributed by atoms with van der Waals surface area (Å²) in [4.78, 5) is 0. The van der Waals surface area contributed by atoms with Crippen LogP contribution in [0, 0.1) is 6.92 Å².